The molecule has 0 heterocycles. The Balaban J connectivity index is 4.25. The summed E-state index contributed by atoms with van der Waals surface area (Å²) < 4.78 is 17.2. The third-order valence-electron chi connectivity index (χ3n) is 9.76. The zero-order valence-corrected chi connectivity index (χ0v) is 36.9. The third kappa shape index (κ3) is 44.1. The Morgan fingerprint density at radius 2 is 0.857 bits per heavy atom. The molecule has 0 saturated carbocycles. The molecule has 5 heteroatoms. The van der Waals surface area contributed by atoms with Crippen LogP contribution in [0.2, 0.25) is 0 Å². The summed E-state index contributed by atoms with van der Waals surface area (Å²) in [6.07, 6.45) is 59.4. The number of unbranched alkanes of at least 4 members (excludes halogenated alkanes) is 20. The SMILES string of the molecule is CC/C=C\C/C=C\C/C=C\C/C=C\C/C=C\CC(=O)OCC(COCCCCCCCCCC/C=C\CCCCCCCC)OC(=O)CCCCCCCCC. The number of rotatable bonds is 42. The molecule has 0 aromatic heterocycles. The van der Waals surface area contributed by atoms with Gasteiger partial charge in [-0.15, -0.1) is 0 Å². The van der Waals surface area contributed by atoms with E-state index in [1.165, 1.54) is 116 Å². The van der Waals surface area contributed by atoms with Crippen molar-refractivity contribution in [2.24, 2.45) is 0 Å². The second kappa shape index (κ2) is 46.7. The normalized spacial score (nSPS) is 12.8. The van der Waals surface area contributed by atoms with Crippen LogP contribution in [0.15, 0.2) is 72.9 Å². The lowest BCUT2D eigenvalue weighted by Gasteiger charge is -2.18. The van der Waals surface area contributed by atoms with E-state index in [2.05, 4.69) is 81.5 Å². The van der Waals surface area contributed by atoms with Crippen LogP contribution in [-0.4, -0.2) is 37.9 Å². The van der Waals surface area contributed by atoms with E-state index in [1.807, 2.05) is 12.2 Å². The van der Waals surface area contributed by atoms with Gasteiger partial charge >= 0.3 is 11.9 Å². The summed E-state index contributed by atoms with van der Waals surface area (Å²) >= 11 is 0. The topological polar surface area (TPSA) is 61.8 Å². The number of esters is 2. The van der Waals surface area contributed by atoms with E-state index in [0.717, 1.165) is 64.2 Å². The standard InChI is InChI=1S/C51H88O5/c1-4-7-10-13-16-18-20-22-24-25-26-28-30-32-34-37-40-43-46-54-47-49(56-51(53)45-42-39-35-15-12-9-6-3)48-55-50(52)44-41-38-36-33-31-29-27-23-21-19-17-14-11-8-5-2/h8,11,17,19,22-24,27,31,33,38,41,49H,4-7,9-10,12-16,18,20-21,25-26,28-30,32,34-37,39-40,42-48H2,1-3H3/b11-8-,19-17-,24-22-,27-23-,33-31-,41-38-. The Morgan fingerprint density at radius 1 is 0.429 bits per heavy atom. The Bertz CT molecular complexity index is 1020. The van der Waals surface area contributed by atoms with Crippen LogP contribution in [-0.2, 0) is 23.8 Å². The average Bonchev–Trinajstić information content (AvgIpc) is 3.20. The van der Waals surface area contributed by atoms with Gasteiger partial charge in [-0.25, -0.2) is 0 Å². The molecule has 1 atom stereocenters. The first-order chi connectivity index (χ1) is 27.6. The number of hydrogen-bond acceptors (Lipinski definition) is 5. The van der Waals surface area contributed by atoms with Gasteiger partial charge in [-0.3, -0.25) is 9.59 Å². The van der Waals surface area contributed by atoms with Crippen molar-refractivity contribution in [3.8, 4) is 0 Å². The first kappa shape index (κ1) is 53.3. The van der Waals surface area contributed by atoms with Crippen molar-refractivity contribution in [3.05, 3.63) is 72.9 Å². The van der Waals surface area contributed by atoms with Crippen molar-refractivity contribution in [2.75, 3.05) is 19.8 Å². The molecule has 0 rings (SSSR count). The Hall–Kier alpha value is -2.66. The van der Waals surface area contributed by atoms with E-state index < -0.39 is 6.10 Å². The van der Waals surface area contributed by atoms with Crippen LogP contribution in [0.5, 0.6) is 0 Å². The number of allylic oxidation sites excluding steroid dienone is 11. The molecular formula is C51H88O5. The summed E-state index contributed by atoms with van der Waals surface area (Å²) in [5.41, 5.74) is 0. The van der Waals surface area contributed by atoms with Gasteiger partial charge < -0.3 is 14.2 Å². The fraction of sp³-hybridized carbons (Fsp3) is 0.725. The van der Waals surface area contributed by atoms with Gasteiger partial charge in [0.05, 0.1) is 13.0 Å². The molecule has 0 fully saturated rings. The van der Waals surface area contributed by atoms with Crippen LogP contribution in [0.4, 0.5) is 0 Å². The van der Waals surface area contributed by atoms with Gasteiger partial charge in [-0.05, 0) is 70.6 Å². The van der Waals surface area contributed by atoms with E-state index in [4.69, 9.17) is 14.2 Å². The quantitative estimate of drug-likeness (QED) is 0.0351. The van der Waals surface area contributed by atoms with Crippen molar-refractivity contribution in [1.29, 1.82) is 0 Å². The maximum Gasteiger partial charge on any atom is 0.309 e. The highest BCUT2D eigenvalue weighted by Crippen LogP contribution is 2.13. The molecule has 56 heavy (non-hydrogen) atoms. The second-order valence-electron chi connectivity index (χ2n) is 15.3. The van der Waals surface area contributed by atoms with Crippen LogP contribution < -0.4 is 0 Å². The molecule has 0 aliphatic carbocycles. The van der Waals surface area contributed by atoms with Gasteiger partial charge in [0, 0.05) is 13.0 Å². The molecular weight excluding hydrogens is 693 g/mol. The summed E-state index contributed by atoms with van der Waals surface area (Å²) in [6.45, 7) is 7.56. The molecule has 322 valence electrons. The van der Waals surface area contributed by atoms with Gasteiger partial charge in [0.15, 0.2) is 6.10 Å². The first-order valence-electron chi connectivity index (χ1n) is 23.5. The predicted molar refractivity (Wildman–Crippen MR) is 242 cm³/mol. The fourth-order valence-electron chi connectivity index (χ4n) is 6.28. The zero-order valence-electron chi connectivity index (χ0n) is 36.9. The first-order valence-corrected chi connectivity index (χ1v) is 23.5. The summed E-state index contributed by atoms with van der Waals surface area (Å²) in [5, 5.41) is 0. The van der Waals surface area contributed by atoms with E-state index >= 15 is 0 Å². The van der Waals surface area contributed by atoms with Gasteiger partial charge in [-0.1, -0.05) is 203 Å². The molecule has 0 saturated heterocycles. The Morgan fingerprint density at radius 3 is 1.36 bits per heavy atom. The average molecular weight is 781 g/mol. The van der Waals surface area contributed by atoms with Crippen LogP contribution in [0.25, 0.3) is 0 Å². The van der Waals surface area contributed by atoms with Crippen LogP contribution in [0.3, 0.4) is 0 Å². The van der Waals surface area contributed by atoms with Crippen molar-refractivity contribution in [2.45, 2.75) is 219 Å². The maximum absolute atomic E-state index is 12.6. The minimum Gasteiger partial charge on any atom is -0.461 e. The van der Waals surface area contributed by atoms with E-state index in [9.17, 15) is 9.59 Å². The van der Waals surface area contributed by atoms with Crippen LogP contribution in [0, 0.1) is 0 Å². The van der Waals surface area contributed by atoms with E-state index in [1.54, 1.807) is 0 Å². The van der Waals surface area contributed by atoms with Gasteiger partial charge in [0.25, 0.3) is 0 Å². The molecule has 5 nitrogen and oxygen atoms in total. The lowest BCUT2D eigenvalue weighted by Crippen LogP contribution is -2.30. The highest BCUT2D eigenvalue weighted by molar-refractivity contribution is 5.71. The lowest BCUT2D eigenvalue weighted by atomic mass is 10.1. The van der Waals surface area contributed by atoms with Crippen molar-refractivity contribution in [1.82, 2.24) is 0 Å². The number of ether oxygens (including phenoxy) is 3. The van der Waals surface area contributed by atoms with Crippen LogP contribution >= 0.6 is 0 Å². The molecule has 1 unspecified atom stereocenters. The molecule has 0 aromatic rings. The number of hydrogen-bond donors (Lipinski definition) is 0. The van der Waals surface area contributed by atoms with E-state index in [-0.39, 0.29) is 31.6 Å². The van der Waals surface area contributed by atoms with Crippen molar-refractivity contribution >= 4 is 11.9 Å². The lowest BCUT2D eigenvalue weighted by molar-refractivity contribution is -0.162. The fourth-order valence-corrected chi connectivity index (χ4v) is 6.28. The van der Waals surface area contributed by atoms with Crippen LogP contribution in [0.1, 0.15) is 213 Å². The zero-order chi connectivity index (χ0) is 40.7. The molecule has 0 radical (unpaired) electrons. The predicted octanol–water partition coefficient (Wildman–Crippen LogP) is 15.6. The van der Waals surface area contributed by atoms with Gasteiger partial charge in [0.2, 0.25) is 0 Å². The summed E-state index contributed by atoms with van der Waals surface area (Å²) in [6, 6.07) is 0. The van der Waals surface area contributed by atoms with Gasteiger partial charge in [-0.2, -0.15) is 0 Å². The molecule has 0 aromatic carbocycles. The highest BCUT2D eigenvalue weighted by atomic mass is 16.6. The van der Waals surface area contributed by atoms with Crippen molar-refractivity contribution < 1.29 is 23.8 Å². The van der Waals surface area contributed by atoms with Crippen molar-refractivity contribution in [3.63, 3.8) is 0 Å². The smallest absolute Gasteiger partial charge is 0.309 e. The van der Waals surface area contributed by atoms with E-state index in [0.29, 0.717) is 13.0 Å². The molecule has 0 aliphatic rings. The number of carbonyl (C=O) groups excluding carboxylic acids is 2. The molecule has 0 N–H and O–H groups in total. The third-order valence-corrected chi connectivity index (χ3v) is 9.76. The Kier molecular flexibility index (Phi) is 44.5. The minimum atomic E-state index is -0.574. The monoisotopic (exact) mass is 781 g/mol. The highest BCUT2D eigenvalue weighted by Gasteiger charge is 2.17. The largest absolute Gasteiger partial charge is 0.461 e. The summed E-state index contributed by atoms with van der Waals surface area (Å²) in [7, 11) is 0. The maximum atomic E-state index is 12.6. The molecule has 0 amide bonds. The number of carbonyl (C=O) groups is 2. The minimum absolute atomic E-state index is 0.0290. The summed E-state index contributed by atoms with van der Waals surface area (Å²) in [5.74, 6) is -0.551. The Labute approximate surface area is 347 Å². The molecule has 0 bridgehead atoms. The summed E-state index contributed by atoms with van der Waals surface area (Å²) in [4.78, 5) is 25.1. The molecule has 0 aliphatic heterocycles. The molecule has 0 spiro atoms. The van der Waals surface area contributed by atoms with Gasteiger partial charge in [0.1, 0.15) is 6.61 Å². The second-order valence-corrected chi connectivity index (χ2v) is 15.3.